The molecule has 0 bridgehead atoms. The maximum absolute atomic E-state index is 13.0. The molecular weight excluding hydrogens is 304 g/mol. The zero-order chi connectivity index (χ0) is 17.1. The van der Waals surface area contributed by atoms with Crippen molar-refractivity contribution in [2.24, 2.45) is 0 Å². The summed E-state index contributed by atoms with van der Waals surface area (Å²) < 4.78 is 5.43. The SMILES string of the molecule is CCCCN1C(=O)C(c2ccccc2OC)=C(N2CCCC2)C1=O. The van der Waals surface area contributed by atoms with Crippen LogP contribution in [0.4, 0.5) is 0 Å². The van der Waals surface area contributed by atoms with Gasteiger partial charge in [-0.15, -0.1) is 0 Å². The molecule has 0 spiro atoms. The summed E-state index contributed by atoms with van der Waals surface area (Å²) in [6.45, 7) is 4.19. The highest BCUT2D eigenvalue weighted by molar-refractivity contribution is 6.36. The minimum absolute atomic E-state index is 0.156. The van der Waals surface area contributed by atoms with Crippen molar-refractivity contribution >= 4 is 17.4 Å². The number of hydrogen-bond donors (Lipinski definition) is 0. The number of rotatable bonds is 6. The van der Waals surface area contributed by atoms with Crippen molar-refractivity contribution in [3.05, 3.63) is 35.5 Å². The number of ether oxygens (including phenoxy) is 1. The summed E-state index contributed by atoms with van der Waals surface area (Å²) in [5.41, 5.74) is 1.76. The maximum atomic E-state index is 13.0. The zero-order valence-electron chi connectivity index (χ0n) is 14.4. The Morgan fingerprint density at radius 2 is 1.79 bits per heavy atom. The largest absolute Gasteiger partial charge is 0.496 e. The first-order chi connectivity index (χ1) is 11.7. The van der Waals surface area contributed by atoms with Crippen molar-refractivity contribution in [1.82, 2.24) is 9.80 Å². The highest BCUT2D eigenvalue weighted by atomic mass is 16.5. The van der Waals surface area contributed by atoms with Crippen LogP contribution < -0.4 is 4.74 Å². The van der Waals surface area contributed by atoms with Gasteiger partial charge in [0.2, 0.25) is 0 Å². The first kappa shape index (κ1) is 16.6. The van der Waals surface area contributed by atoms with Crippen LogP contribution in [0.2, 0.25) is 0 Å². The van der Waals surface area contributed by atoms with E-state index < -0.39 is 0 Å². The van der Waals surface area contributed by atoms with Crippen LogP contribution in [0.15, 0.2) is 30.0 Å². The van der Waals surface area contributed by atoms with E-state index in [1.165, 1.54) is 4.90 Å². The van der Waals surface area contributed by atoms with E-state index in [1.54, 1.807) is 7.11 Å². The molecule has 0 N–H and O–H groups in total. The third kappa shape index (κ3) is 2.79. The molecule has 1 aromatic rings. The lowest BCUT2D eigenvalue weighted by Gasteiger charge is -2.20. The molecule has 5 nitrogen and oxygen atoms in total. The second kappa shape index (κ2) is 7.07. The Kier molecular flexibility index (Phi) is 4.88. The zero-order valence-corrected chi connectivity index (χ0v) is 14.4. The Morgan fingerprint density at radius 3 is 2.46 bits per heavy atom. The molecule has 2 aliphatic heterocycles. The summed E-state index contributed by atoms with van der Waals surface area (Å²) in [6.07, 6.45) is 3.88. The molecule has 3 rings (SSSR count). The molecule has 0 saturated carbocycles. The fourth-order valence-corrected chi connectivity index (χ4v) is 3.41. The van der Waals surface area contributed by atoms with Crippen LogP contribution in [0.5, 0.6) is 5.75 Å². The molecule has 2 aliphatic rings. The van der Waals surface area contributed by atoms with Crippen molar-refractivity contribution in [2.45, 2.75) is 32.6 Å². The lowest BCUT2D eigenvalue weighted by molar-refractivity contribution is -0.137. The van der Waals surface area contributed by atoms with Crippen molar-refractivity contribution in [3.63, 3.8) is 0 Å². The van der Waals surface area contributed by atoms with Crippen molar-refractivity contribution in [3.8, 4) is 5.75 Å². The van der Waals surface area contributed by atoms with Crippen LogP contribution in [0.1, 0.15) is 38.2 Å². The average Bonchev–Trinajstić information content (AvgIpc) is 3.20. The van der Waals surface area contributed by atoms with Gasteiger partial charge in [-0.1, -0.05) is 31.5 Å². The van der Waals surface area contributed by atoms with Crippen molar-refractivity contribution < 1.29 is 14.3 Å². The van der Waals surface area contributed by atoms with E-state index >= 15 is 0 Å². The number of nitrogens with zero attached hydrogens (tertiary/aromatic N) is 2. The topological polar surface area (TPSA) is 49.9 Å². The number of hydrogen-bond acceptors (Lipinski definition) is 4. The lowest BCUT2D eigenvalue weighted by atomic mass is 10.0. The molecule has 0 atom stereocenters. The van der Waals surface area contributed by atoms with Gasteiger partial charge in [-0.05, 0) is 25.3 Å². The number of carbonyl (C=O) groups excluding carboxylic acids is 2. The summed E-state index contributed by atoms with van der Waals surface area (Å²) in [6, 6.07) is 7.43. The number of amides is 2. The minimum atomic E-state index is -0.195. The van der Waals surface area contributed by atoms with Crippen molar-refractivity contribution in [2.75, 3.05) is 26.7 Å². The predicted octanol–water partition coefficient (Wildman–Crippen LogP) is 2.67. The summed E-state index contributed by atoms with van der Waals surface area (Å²) in [5, 5.41) is 0. The van der Waals surface area contributed by atoms with Gasteiger partial charge in [-0.3, -0.25) is 14.5 Å². The number of likely N-dealkylation sites (tertiary alicyclic amines) is 1. The number of unbranched alkanes of at least 4 members (excludes halogenated alkanes) is 1. The van der Waals surface area contributed by atoms with Crippen LogP contribution in [0.25, 0.3) is 5.57 Å². The minimum Gasteiger partial charge on any atom is -0.496 e. The molecule has 128 valence electrons. The fraction of sp³-hybridized carbons (Fsp3) is 0.474. The number of benzene rings is 1. The standard InChI is InChI=1S/C19H24N2O3/c1-3-4-13-21-18(22)16(14-9-5-6-10-15(14)24-2)17(19(21)23)20-11-7-8-12-20/h5-6,9-10H,3-4,7-8,11-13H2,1-2H3. The second-order valence-electron chi connectivity index (χ2n) is 6.23. The Labute approximate surface area is 142 Å². The monoisotopic (exact) mass is 328 g/mol. The summed E-state index contributed by atoms with van der Waals surface area (Å²) >= 11 is 0. The van der Waals surface area contributed by atoms with E-state index in [4.69, 9.17) is 4.74 Å². The van der Waals surface area contributed by atoms with Crippen LogP contribution in [-0.4, -0.2) is 48.4 Å². The molecule has 5 heteroatoms. The number of imide groups is 1. The van der Waals surface area contributed by atoms with Gasteiger partial charge >= 0.3 is 0 Å². The van der Waals surface area contributed by atoms with Gasteiger partial charge in [0.15, 0.2) is 0 Å². The smallest absolute Gasteiger partial charge is 0.277 e. The van der Waals surface area contributed by atoms with E-state index in [9.17, 15) is 9.59 Å². The third-order valence-corrected chi connectivity index (χ3v) is 4.68. The molecule has 0 radical (unpaired) electrons. The summed E-state index contributed by atoms with van der Waals surface area (Å²) in [5.74, 6) is 0.277. The molecule has 0 aliphatic carbocycles. The fourth-order valence-electron chi connectivity index (χ4n) is 3.41. The third-order valence-electron chi connectivity index (χ3n) is 4.68. The van der Waals surface area contributed by atoms with E-state index in [0.29, 0.717) is 29.1 Å². The molecule has 24 heavy (non-hydrogen) atoms. The van der Waals surface area contributed by atoms with Crippen molar-refractivity contribution in [1.29, 1.82) is 0 Å². The van der Waals surface area contributed by atoms with Gasteiger partial charge in [0, 0.05) is 25.2 Å². The van der Waals surface area contributed by atoms with Gasteiger partial charge in [-0.25, -0.2) is 0 Å². The molecule has 1 saturated heterocycles. The Morgan fingerprint density at radius 1 is 1.08 bits per heavy atom. The average molecular weight is 328 g/mol. The highest BCUT2D eigenvalue weighted by Gasteiger charge is 2.42. The van der Waals surface area contributed by atoms with E-state index in [1.807, 2.05) is 24.3 Å². The number of methoxy groups -OCH3 is 1. The van der Waals surface area contributed by atoms with Gasteiger partial charge in [0.1, 0.15) is 11.4 Å². The molecule has 0 unspecified atom stereocenters. The molecule has 2 heterocycles. The van der Waals surface area contributed by atoms with E-state index in [-0.39, 0.29) is 11.8 Å². The molecular formula is C19H24N2O3. The number of para-hydroxylation sites is 1. The van der Waals surface area contributed by atoms with Gasteiger partial charge < -0.3 is 9.64 Å². The Bertz CT molecular complexity index is 675. The first-order valence-electron chi connectivity index (χ1n) is 8.67. The summed E-state index contributed by atoms with van der Waals surface area (Å²) in [7, 11) is 1.59. The van der Waals surface area contributed by atoms with Crippen LogP contribution in [-0.2, 0) is 9.59 Å². The van der Waals surface area contributed by atoms with E-state index in [0.717, 1.165) is 38.8 Å². The Hall–Kier alpha value is -2.30. The van der Waals surface area contributed by atoms with Gasteiger partial charge in [-0.2, -0.15) is 0 Å². The van der Waals surface area contributed by atoms with Crippen LogP contribution >= 0.6 is 0 Å². The summed E-state index contributed by atoms with van der Waals surface area (Å²) in [4.78, 5) is 29.4. The molecule has 1 aromatic carbocycles. The van der Waals surface area contributed by atoms with Crippen LogP contribution in [0.3, 0.4) is 0 Å². The second-order valence-corrected chi connectivity index (χ2v) is 6.23. The van der Waals surface area contributed by atoms with Crippen LogP contribution in [0, 0.1) is 0 Å². The highest BCUT2D eigenvalue weighted by Crippen LogP contribution is 2.37. The van der Waals surface area contributed by atoms with E-state index in [2.05, 4.69) is 11.8 Å². The molecule has 2 amide bonds. The Balaban J connectivity index is 2.08. The number of carbonyl (C=O) groups is 2. The lowest BCUT2D eigenvalue weighted by Crippen LogP contribution is -2.35. The normalized spacial score (nSPS) is 18.1. The van der Waals surface area contributed by atoms with Gasteiger partial charge in [0.25, 0.3) is 11.8 Å². The quantitative estimate of drug-likeness (QED) is 0.753. The molecule has 0 aromatic heterocycles. The van der Waals surface area contributed by atoms with Gasteiger partial charge in [0.05, 0.1) is 12.7 Å². The predicted molar refractivity (Wildman–Crippen MR) is 92.3 cm³/mol. The maximum Gasteiger partial charge on any atom is 0.277 e. The first-order valence-corrected chi connectivity index (χ1v) is 8.67. The molecule has 1 fully saturated rings.